The van der Waals surface area contributed by atoms with Crippen molar-refractivity contribution in [3.63, 3.8) is 0 Å². The number of rotatable bonds is 8. The van der Waals surface area contributed by atoms with Gasteiger partial charge in [-0.15, -0.1) is 0 Å². The molecule has 0 aromatic rings. The quantitative estimate of drug-likeness (QED) is 0.516. The average Bonchev–Trinajstić information content (AvgIpc) is 2.56. The lowest BCUT2D eigenvalue weighted by Gasteiger charge is -2.14. The third kappa shape index (κ3) is 3.97. The first-order chi connectivity index (χ1) is 8.20. The maximum absolute atomic E-state index is 11.8. The summed E-state index contributed by atoms with van der Waals surface area (Å²) in [6, 6.07) is 0. The molecule has 1 aliphatic rings. The van der Waals surface area contributed by atoms with Crippen LogP contribution in [0.3, 0.4) is 0 Å². The molecular formula is C13H22N2O2. The highest BCUT2D eigenvalue weighted by atomic mass is 16.2. The van der Waals surface area contributed by atoms with Crippen LogP contribution in [0.4, 0.5) is 0 Å². The van der Waals surface area contributed by atoms with Gasteiger partial charge in [-0.05, 0) is 25.8 Å². The van der Waals surface area contributed by atoms with Crippen LogP contribution in [0, 0.1) is 0 Å². The van der Waals surface area contributed by atoms with Gasteiger partial charge in [0.25, 0.3) is 11.8 Å². The highest BCUT2D eigenvalue weighted by Gasteiger charge is 2.29. The number of nitrogens with zero attached hydrogens (tertiary/aromatic N) is 1. The van der Waals surface area contributed by atoms with Crippen LogP contribution in [0.25, 0.3) is 0 Å². The molecule has 1 aliphatic heterocycles. The molecule has 1 rings (SSSR count). The molecule has 4 heteroatoms. The van der Waals surface area contributed by atoms with Crippen molar-refractivity contribution < 1.29 is 9.59 Å². The van der Waals surface area contributed by atoms with Gasteiger partial charge in [-0.2, -0.15) is 0 Å². The van der Waals surface area contributed by atoms with E-state index < -0.39 is 0 Å². The number of hydrogen-bond acceptors (Lipinski definition) is 3. The van der Waals surface area contributed by atoms with Gasteiger partial charge < -0.3 is 5.73 Å². The lowest BCUT2D eigenvalue weighted by Crippen LogP contribution is -2.32. The van der Waals surface area contributed by atoms with Crippen LogP contribution in [0.1, 0.15) is 45.4 Å². The molecule has 0 saturated heterocycles. The molecule has 0 atom stereocenters. The van der Waals surface area contributed by atoms with Gasteiger partial charge in [0.1, 0.15) is 0 Å². The Balaban J connectivity index is 2.31. The van der Waals surface area contributed by atoms with Gasteiger partial charge >= 0.3 is 0 Å². The molecule has 96 valence electrons. The number of unbranched alkanes of at least 4 members (excludes halogenated alkanes) is 3. The Labute approximate surface area is 103 Å². The predicted molar refractivity (Wildman–Crippen MR) is 67.2 cm³/mol. The lowest BCUT2D eigenvalue weighted by atomic mass is 10.1. The lowest BCUT2D eigenvalue weighted by molar-refractivity contribution is -0.137. The van der Waals surface area contributed by atoms with Crippen LogP contribution in [-0.4, -0.2) is 29.8 Å². The Morgan fingerprint density at radius 2 is 1.88 bits per heavy atom. The van der Waals surface area contributed by atoms with Crippen molar-refractivity contribution in [2.75, 3.05) is 13.1 Å². The number of imide groups is 1. The molecule has 0 aliphatic carbocycles. The van der Waals surface area contributed by atoms with Crippen molar-refractivity contribution in [3.05, 3.63) is 11.6 Å². The first-order valence-corrected chi connectivity index (χ1v) is 6.47. The van der Waals surface area contributed by atoms with Gasteiger partial charge in [-0.3, -0.25) is 14.5 Å². The minimum atomic E-state index is -0.141. The van der Waals surface area contributed by atoms with Crippen molar-refractivity contribution in [2.24, 2.45) is 5.73 Å². The van der Waals surface area contributed by atoms with Gasteiger partial charge in [0.05, 0.1) is 0 Å². The Kier molecular flexibility index (Phi) is 5.91. The fourth-order valence-electron chi connectivity index (χ4n) is 1.99. The molecule has 2 N–H and O–H groups in total. The third-order valence-corrected chi connectivity index (χ3v) is 2.94. The summed E-state index contributed by atoms with van der Waals surface area (Å²) in [5, 5.41) is 0. The number of carbonyl (C=O) groups excluding carboxylic acids is 2. The van der Waals surface area contributed by atoms with E-state index >= 15 is 0 Å². The fourth-order valence-corrected chi connectivity index (χ4v) is 1.99. The van der Waals surface area contributed by atoms with Crippen LogP contribution in [-0.2, 0) is 9.59 Å². The molecule has 0 aromatic carbocycles. The highest BCUT2D eigenvalue weighted by molar-refractivity contribution is 6.16. The van der Waals surface area contributed by atoms with E-state index in [0.717, 1.165) is 32.1 Å². The standard InChI is InChI=1S/C13H22N2O2/c1-2-7-11-10-12(16)15(13(11)17)9-6-4-3-5-8-14/h10H,2-9,14H2,1H3. The van der Waals surface area contributed by atoms with E-state index in [9.17, 15) is 9.59 Å². The zero-order valence-electron chi connectivity index (χ0n) is 10.6. The van der Waals surface area contributed by atoms with E-state index in [0.29, 0.717) is 25.1 Å². The summed E-state index contributed by atoms with van der Waals surface area (Å²) < 4.78 is 0. The number of carbonyl (C=O) groups is 2. The summed E-state index contributed by atoms with van der Waals surface area (Å²) in [5.41, 5.74) is 6.07. The molecule has 0 saturated carbocycles. The van der Waals surface area contributed by atoms with Crippen LogP contribution in [0.2, 0.25) is 0 Å². The number of nitrogens with two attached hydrogens (primary N) is 1. The number of amides is 2. The van der Waals surface area contributed by atoms with E-state index in [2.05, 4.69) is 0 Å². The van der Waals surface area contributed by atoms with Gasteiger partial charge in [-0.1, -0.05) is 26.2 Å². The van der Waals surface area contributed by atoms with E-state index in [-0.39, 0.29) is 11.8 Å². The maximum atomic E-state index is 11.8. The summed E-state index contributed by atoms with van der Waals surface area (Å²) in [4.78, 5) is 24.8. The second kappa shape index (κ2) is 7.22. The van der Waals surface area contributed by atoms with Crippen LogP contribution < -0.4 is 5.73 Å². The maximum Gasteiger partial charge on any atom is 0.256 e. The van der Waals surface area contributed by atoms with E-state index in [1.54, 1.807) is 0 Å². The second-order valence-corrected chi connectivity index (χ2v) is 4.42. The third-order valence-electron chi connectivity index (χ3n) is 2.94. The summed E-state index contributed by atoms with van der Waals surface area (Å²) in [6.07, 6.45) is 7.08. The van der Waals surface area contributed by atoms with Crippen molar-refractivity contribution in [1.82, 2.24) is 4.90 Å². The molecule has 17 heavy (non-hydrogen) atoms. The van der Waals surface area contributed by atoms with Gasteiger partial charge in [0, 0.05) is 18.2 Å². The molecule has 0 bridgehead atoms. The Morgan fingerprint density at radius 3 is 2.53 bits per heavy atom. The molecule has 0 spiro atoms. The molecule has 0 radical (unpaired) electrons. The topological polar surface area (TPSA) is 63.4 Å². The Morgan fingerprint density at radius 1 is 1.18 bits per heavy atom. The second-order valence-electron chi connectivity index (χ2n) is 4.42. The first kappa shape index (κ1) is 13.9. The van der Waals surface area contributed by atoms with Crippen LogP contribution in [0.5, 0.6) is 0 Å². The average molecular weight is 238 g/mol. The number of hydrogen-bond donors (Lipinski definition) is 1. The molecule has 0 unspecified atom stereocenters. The Hall–Kier alpha value is -1.16. The summed E-state index contributed by atoms with van der Waals surface area (Å²) in [6.45, 7) is 3.27. The summed E-state index contributed by atoms with van der Waals surface area (Å²) in [5.74, 6) is -0.229. The minimum Gasteiger partial charge on any atom is -0.330 e. The van der Waals surface area contributed by atoms with Gasteiger partial charge in [0.15, 0.2) is 0 Å². The largest absolute Gasteiger partial charge is 0.330 e. The smallest absolute Gasteiger partial charge is 0.256 e. The van der Waals surface area contributed by atoms with Gasteiger partial charge in [-0.25, -0.2) is 0 Å². The molecule has 4 nitrogen and oxygen atoms in total. The van der Waals surface area contributed by atoms with Crippen molar-refractivity contribution >= 4 is 11.8 Å². The normalized spacial score (nSPS) is 15.6. The molecule has 0 fully saturated rings. The van der Waals surface area contributed by atoms with Crippen LogP contribution in [0.15, 0.2) is 11.6 Å². The van der Waals surface area contributed by atoms with E-state index in [1.807, 2.05) is 6.92 Å². The fraction of sp³-hybridized carbons (Fsp3) is 0.692. The van der Waals surface area contributed by atoms with E-state index in [1.165, 1.54) is 11.0 Å². The van der Waals surface area contributed by atoms with Crippen molar-refractivity contribution in [1.29, 1.82) is 0 Å². The molecule has 2 amide bonds. The monoisotopic (exact) mass is 238 g/mol. The zero-order chi connectivity index (χ0) is 12.7. The van der Waals surface area contributed by atoms with Crippen molar-refractivity contribution in [2.45, 2.75) is 45.4 Å². The molecular weight excluding hydrogens is 216 g/mol. The zero-order valence-corrected chi connectivity index (χ0v) is 10.6. The highest BCUT2D eigenvalue weighted by Crippen LogP contribution is 2.18. The van der Waals surface area contributed by atoms with E-state index in [4.69, 9.17) is 5.73 Å². The molecule has 0 aromatic heterocycles. The SMILES string of the molecule is CCCC1=CC(=O)N(CCCCCCN)C1=O. The molecule has 1 heterocycles. The Bertz CT molecular complexity index is 311. The predicted octanol–water partition coefficient (Wildman–Crippen LogP) is 1.60. The summed E-state index contributed by atoms with van der Waals surface area (Å²) in [7, 11) is 0. The van der Waals surface area contributed by atoms with Crippen LogP contribution >= 0.6 is 0 Å². The summed E-state index contributed by atoms with van der Waals surface area (Å²) >= 11 is 0. The first-order valence-electron chi connectivity index (χ1n) is 6.47. The van der Waals surface area contributed by atoms with Gasteiger partial charge in [0.2, 0.25) is 0 Å². The van der Waals surface area contributed by atoms with Crippen molar-refractivity contribution in [3.8, 4) is 0 Å². The minimum absolute atomic E-state index is 0.0873.